The highest BCUT2D eigenvalue weighted by Gasteiger charge is 2.25. The van der Waals surface area contributed by atoms with Crippen LogP contribution in [-0.4, -0.2) is 42.2 Å². The highest BCUT2D eigenvalue weighted by Crippen LogP contribution is 2.12. The molecule has 1 atom stereocenters. The van der Waals surface area contributed by atoms with Crippen LogP contribution in [0.25, 0.3) is 0 Å². The summed E-state index contributed by atoms with van der Waals surface area (Å²) in [5.41, 5.74) is 0. The number of benzene rings is 1. The van der Waals surface area contributed by atoms with Gasteiger partial charge in [0.2, 0.25) is 15.9 Å². The first-order chi connectivity index (χ1) is 11.4. The molecule has 2 N–H and O–H groups in total. The molecule has 2 rings (SSSR count). The number of hydrogen-bond donors (Lipinski definition) is 2. The molecule has 130 valence electrons. The maximum absolute atomic E-state index is 12.4. The van der Waals surface area contributed by atoms with Crippen LogP contribution >= 0.6 is 11.8 Å². The van der Waals surface area contributed by atoms with Gasteiger partial charge in [0.05, 0.1) is 4.90 Å². The van der Waals surface area contributed by atoms with Crippen molar-refractivity contribution in [2.24, 2.45) is 7.05 Å². The van der Waals surface area contributed by atoms with E-state index in [2.05, 4.69) is 15.1 Å². The Morgan fingerprint density at radius 3 is 2.58 bits per heavy atom. The van der Waals surface area contributed by atoms with E-state index in [9.17, 15) is 13.2 Å². The van der Waals surface area contributed by atoms with E-state index >= 15 is 0 Å². The number of carbonyl (C=O) groups excluding carboxylic acids is 1. The Balaban J connectivity index is 2.14. The average molecular weight is 368 g/mol. The van der Waals surface area contributed by atoms with Gasteiger partial charge in [-0.2, -0.15) is 21.6 Å². The lowest BCUT2D eigenvalue weighted by molar-refractivity contribution is -0.117. The van der Waals surface area contributed by atoms with Crippen LogP contribution in [0.15, 0.2) is 47.5 Å². The molecule has 7 nitrogen and oxygen atoms in total. The number of sulfonamides is 1. The van der Waals surface area contributed by atoms with Crippen molar-refractivity contribution in [3.63, 3.8) is 0 Å². The van der Waals surface area contributed by atoms with Crippen molar-refractivity contribution in [1.29, 1.82) is 0 Å². The lowest BCUT2D eigenvalue weighted by atomic mass is 10.2. The van der Waals surface area contributed by atoms with Gasteiger partial charge in [0.25, 0.3) is 0 Å². The Kier molecular flexibility index (Phi) is 6.41. The molecule has 9 heteroatoms. The highest BCUT2D eigenvalue weighted by atomic mass is 32.2. The predicted octanol–water partition coefficient (Wildman–Crippen LogP) is 1.46. The average Bonchev–Trinajstić information content (AvgIpc) is 2.97. The van der Waals surface area contributed by atoms with Crippen LogP contribution in [0.3, 0.4) is 0 Å². The van der Waals surface area contributed by atoms with Gasteiger partial charge in [-0.05, 0) is 30.6 Å². The van der Waals surface area contributed by atoms with Crippen molar-refractivity contribution in [1.82, 2.24) is 14.5 Å². The molecule has 0 saturated heterocycles. The van der Waals surface area contributed by atoms with Crippen LogP contribution in [-0.2, 0) is 21.9 Å². The smallest absolute Gasteiger partial charge is 0.243 e. The van der Waals surface area contributed by atoms with Gasteiger partial charge >= 0.3 is 0 Å². The van der Waals surface area contributed by atoms with Crippen LogP contribution in [0, 0.1) is 0 Å². The maximum Gasteiger partial charge on any atom is 0.243 e. The fourth-order valence-electron chi connectivity index (χ4n) is 2.03. The van der Waals surface area contributed by atoms with Gasteiger partial charge in [-0.3, -0.25) is 9.48 Å². The normalized spacial score (nSPS) is 12.8. The number of nitrogens with one attached hydrogen (secondary N) is 2. The number of hydrogen-bond acceptors (Lipinski definition) is 5. The molecule has 0 spiro atoms. The molecule has 0 aliphatic heterocycles. The van der Waals surface area contributed by atoms with Gasteiger partial charge in [-0.25, -0.2) is 8.42 Å². The summed E-state index contributed by atoms with van der Waals surface area (Å²) >= 11 is 1.55. The molecule has 0 aliphatic rings. The van der Waals surface area contributed by atoms with E-state index in [4.69, 9.17) is 0 Å². The lowest BCUT2D eigenvalue weighted by Gasteiger charge is -2.17. The number of anilines is 1. The molecule has 0 bridgehead atoms. The van der Waals surface area contributed by atoms with Gasteiger partial charge in [0.15, 0.2) is 5.82 Å². The van der Waals surface area contributed by atoms with E-state index in [1.165, 1.54) is 12.1 Å². The van der Waals surface area contributed by atoms with Crippen molar-refractivity contribution in [3.05, 3.63) is 42.6 Å². The van der Waals surface area contributed by atoms with E-state index in [-0.39, 0.29) is 4.90 Å². The van der Waals surface area contributed by atoms with E-state index in [1.807, 2.05) is 6.26 Å². The third kappa shape index (κ3) is 5.08. The highest BCUT2D eigenvalue weighted by molar-refractivity contribution is 7.98. The predicted molar refractivity (Wildman–Crippen MR) is 95.4 cm³/mol. The van der Waals surface area contributed by atoms with Crippen LogP contribution in [0.1, 0.15) is 6.42 Å². The van der Waals surface area contributed by atoms with Gasteiger partial charge in [0.1, 0.15) is 6.04 Å². The monoisotopic (exact) mass is 368 g/mol. The number of aryl methyl sites for hydroxylation is 1. The third-order valence-corrected chi connectivity index (χ3v) is 5.37. The van der Waals surface area contributed by atoms with Crippen LogP contribution < -0.4 is 10.0 Å². The first-order valence-corrected chi connectivity index (χ1v) is 10.2. The zero-order valence-corrected chi connectivity index (χ0v) is 15.1. The molecule has 1 aromatic carbocycles. The minimum Gasteiger partial charge on any atom is -0.308 e. The summed E-state index contributed by atoms with van der Waals surface area (Å²) in [6.07, 6.45) is 3.98. The Morgan fingerprint density at radius 2 is 2.00 bits per heavy atom. The Labute approximate surface area is 145 Å². The second-order valence-corrected chi connectivity index (χ2v) is 7.83. The van der Waals surface area contributed by atoms with E-state index in [0.29, 0.717) is 18.0 Å². The minimum atomic E-state index is -3.77. The molecule has 0 unspecified atom stereocenters. The van der Waals surface area contributed by atoms with Crippen molar-refractivity contribution in [3.8, 4) is 0 Å². The summed E-state index contributed by atoms with van der Waals surface area (Å²) in [6.45, 7) is 0. The Morgan fingerprint density at radius 1 is 1.29 bits per heavy atom. The number of amides is 1. The lowest BCUT2D eigenvalue weighted by Crippen LogP contribution is -2.44. The van der Waals surface area contributed by atoms with Crippen molar-refractivity contribution < 1.29 is 13.2 Å². The van der Waals surface area contributed by atoms with Gasteiger partial charge in [0, 0.05) is 19.3 Å². The first kappa shape index (κ1) is 18.5. The number of carbonyl (C=O) groups is 1. The summed E-state index contributed by atoms with van der Waals surface area (Å²) in [5.74, 6) is 0.607. The summed E-state index contributed by atoms with van der Waals surface area (Å²) in [6, 6.07) is 8.77. The zero-order valence-electron chi connectivity index (χ0n) is 13.5. The number of rotatable bonds is 8. The molecule has 1 heterocycles. The zero-order chi connectivity index (χ0) is 17.6. The van der Waals surface area contributed by atoms with Gasteiger partial charge in [-0.1, -0.05) is 18.2 Å². The second kappa shape index (κ2) is 8.32. The molecular formula is C15H20N4O3S2. The minimum absolute atomic E-state index is 0.129. The molecular weight excluding hydrogens is 348 g/mol. The van der Waals surface area contributed by atoms with Crippen LogP contribution in [0.4, 0.5) is 5.82 Å². The topological polar surface area (TPSA) is 93.1 Å². The molecule has 1 aromatic heterocycles. The SMILES string of the molecule is CSCC[C@H](NS(=O)(=O)c1ccccc1)C(=O)Nc1ccn(C)n1. The van der Waals surface area contributed by atoms with Gasteiger partial charge in [-0.15, -0.1) is 0 Å². The standard InChI is InChI=1S/C15H20N4O3S2/c1-19-10-8-14(17-19)16-15(20)13(9-11-23-2)18-24(21,22)12-6-4-3-5-7-12/h3-8,10,13,18H,9,11H2,1-2H3,(H,16,17,20)/t13-/m0/s1. The quantitative estimate of drug-likeness (QED) is 0.736. The largest absolute Gasteiger partial charge is 0.308 e. The van der Waals surface area contributed by atoms with Crippen molar-refractivity contribution in [2.75, 3.05) is 17.3 Å². The molecule has 24 heavy (non-hydrogen) atoms. The molecule has 0 aliphatic carbocycles. The summed E-state index contributed by atoms with van der Waals surface area (Å²) < 4.78 is 28.9. The summed E-state index contributed by atoms with van der Waals surface area (Å²) in [5, 5.41) is 6.71. The fourth-order valence-corrected chi connectivity index (χ4v) is 3.75. The number of nitrogens with zero attached hydrogens (tertiary/aromatic N) is 2. The Bertz CT molecular complexity index is 775. The number of aromatic nitrogens is 2. The molecule has 1 amide bonds. The van der Waals surface area contributed by atoms with Crippen LogP contribution in [0.5, 0.6) is 0 Å². The van der Waals surface area contributed by atoms with E-state index < -0.39 is 22.0 Å². The van der Waals surface area contributed by atoms with Gasteiger partial charge < -0.3 is 5.32 Å². The Hall–Kier alpha value is -1.84. The third-order valence-electron chi connectivity index (χ3n) is 3.24. The fraction of sp³-hybridized carbons (Fsp3) is 0.333. The molecule has 0 saturated carbocycles. The molecule has 2 aromatic rings. The van der Waals surface area contributed by atoms with Crippen molar-refractivity contribution in [2.45, 2.75) is 17.4 Å². The molecule has 0 fully saturated rings. The second-order valence-electron chi connectivity index (χ2n) is 5.13. The van der Waals surface area contributed by atoms with E-state index in [1.54, 1.807) is 54.0 Å². The van der Waals surface area contributed by atoms with Crippen molar-refractivity contribution >= 4 is 33.5 Å². The van der Waals surface area contributed by atoms with Crippen LogP contribution in [0.2, 0.25) is 0 Å². The molecule has 0 radical (unpaired) electrons. The number of thioether (sulfide) groups is 1. The summed E-state index contributed by atoms with van der Waals surface area (Å²) in [7, 11) is -2.03. The summed E-state index contributed by atoms with van der Waals surface area (Å²) in [4.78, 5) is 12.6. The van der Waals surface area contributed by atoms with E-state index in [0.717, 1.165) is 0 Å². The maximum atomic E-state index is 12.4. The first-order valence-electron chi connectivity index (χ1n) is 7.29.